The van der Waals surface area contributed by atoms with Crippen LogP contribution < -0.4 is 15.0 Å². The molecule has 1 aliphatic heterocycles. The summed E-state index contributed by atoms with van der Waals surface area (Å²) >= 11 is 0. The van der Waals surface area contributed by atoms with E-state index in [0.29, 0.717) is 40.9 Å². The highest BCUT2D eigenvalue weighted by Gasteiger charge is 2.20. The van der Waals surface area contributed by atoms with Gasteiger partial charge in [-0.3, -0.25) is 14.7 Å². The fourth-order valence-electron chi connectivity index (χ4n) is 4.51. The van der Waals surface area contributed by atoms with Gasteiger partial charge in [-0.1, -0.05) is 6.07 Å². The third kappa shape index (κ3) is 4.69. The Morgan fingerprint density at radius 2 is 1.73 bits per heavy atom. The quantitative estimate of drug-likeness (QED) is 0.419. The van der Waals surface area contributed by atoms with Crippen molar-refractivity contribution in [2.24, 2.45) is 0 Å². The minimum absolute atomic E-state index is 0.0570. The Bertz CT molecular complexity index is 1480. The van der Waals surface area contributed by atoms with E-state index in [4.69, 9.17) is 4.74 Å². The summed E-state index contributed by atoms with van der Waals surface area (Å²) in [5.41, 5.74) is 2.05. The number of hydrogen-bond acceptors (Lipinski definition) is 5. The molecule has 0 spiro atoms. The number of amides is 2. The Balaban J connectivity index is 1.31. The molecule has 0 aliphatic carbocycles. The van der Waals surface area contributed by atoms with Gasteiger partial charge in [-0.05, 0) is 54.1 Å². The average Bonchev–Trinajstić information content (AvgIpc) is 3.31. The molecule has 1 aromatic heterocycles. The molecule has 1 aliphatic rings. The SMILES string of the molecule is COc1ccc(F)c(-c2ccc3c(NC(=O)c4ccc(N5CCN(C(C)=O)CC5)cc4)n[nH]c3c2)c1F. The fourth-order valence-corrected chi connectivity index (χ4v) is 4.51. The first-order valence-electron chi connectivity index (χ1n) is 11.8. The van der Waals surface area contributed by atoms with Gasteiger partial charge in [0.15, 0.2) is 17.4 Å². The molecule has 5 rings (SSSR count). The van der Waals surface area contributed by atoms with Crippen molar-refractivity contribution < 1.29 is 23.1 Å². The van der Waals surface area contributed by atoms with E-state index < -0.39 is 11.6 Å². The molecule has 2 heterocycles. The molecule has 4 aromatic rings. The second kappa shape index (κ2) is 9.88. The minimum Gasteiger partial charge on any atom is -0.494 e. The van der Waals surface area contributed by atoms with Crippen LogP contribution in [-0.2, 0) is 4.79 Å². The lowest BCUT2D eigenvalue weighted by Crippen LogP contribution is -2.48. The van der Waals surface area contributed by atoms with Crippen molar-refractivity contribution in [2.45, 2.75) is 6.92 Å². The van der Waals surface area contributed by atoms with E-state index in [1.54, 1.807) is 37.3 Å². The molecule has 2 N–H and O–H groups in total. The van der Waals surface area contributed by atoms with Crippen molar-refractivity contribution in [3.63, 3.8) is 0 Å². The highest BCUT2D eigenvalue weighted by molar-refractivity contribution is 6.08. The Morgan fingerprint density at radius 1 is 1.00 bits per heavy atom. The lowest BCUT2D eigenvalue weighted by atomic mass is 10.0. The number of aromatic nitrogens is 2. The molecule has 10 heteroatoms. The first-order chi connectivity index (χ1) is 17.9. The van der Waals surface area contributed by atoms with Crippen LogP contribution in [0.3, 0.4) is 0 Å². The molecule has 3 aromatic carbocycles. The molecular formula is C27H25F2N5O3. The highest BCUT2D eigenvalue weighted by Crippen LogP contribution is 2.34. The van der Waals surface area contributed by atoms with Gasteiger partial charge in [-0.25, -0.2) is 8.78 Å². The number of benzene rings is 3. The predicted octanol–water partition coefficient (Wildman–Crippen LogP) is 4.44. The largest absolute Gasteiger partial charge is 0.494 e. The number of methoxy groups -OCH3 is 1. The number of aromatic amines is 1. The summed E-state index contributed by atoms with van der Waals surface area (Å²) in [6.45, 7) is 4.38. The van der Waals surface area contributed by atoms with Crippen LogP contribution in [0.15, 0.2) is 54.6 Å². The number of ether oxygens (including phenoxy) is 1. The maximum absolute atomic E-state index is 14.7. The number of fused-ring (bicyclic) bond motifs is 1. The van der Waals surface area contributed by atoms with E-state index >= 15 is 0 Å². The van der Waals surface area contributed by atoms with Crippen molar-refractivity contribution in [3.8, 4) is 16.9 Å². The van der Waals surface area contributed by atoms with Crippen LogP contribution in [-0.4, -0.2) is 60.2 Å². The first-order valence-corrected chi connectivity index (χ1v) is 11.8. The summed E-state index contributed by atoms with van der Waals surface area (Å²) < 4.78 is 34.1. The van der Waals surface area contributed by atoms with Crippen LogP contribution in [0, 0.1) is 11.6 Å². The number of carbonyl (C=O) groups is 2. The van der Waals surface area contributed by atoms with Gasteiger partial charge in [0.2, 0.25) is 5.91 Å². The number of carbonyl (C=O) groups excluding carboxylic acids is 2. The maximum Gasteiger partial charge on any atom is 0.256 e. The molecule has 1 saturated heterocycles. The maximum atomic E-state index is 14.7. The third-order valence-corrected chi connectivity index (χ3v) is 6.58. The normalized spacial score (nSPS) is 13.6. The molecule has 0 unspecified atom stereocenters. The Morgan fingerprint density at radius 3 is 2.41 bits per heavy atom. The van der Waals surface area contributed by atoms with Crippen LogP contribution in [0.1, 0.15) is 17.3 Å². The Kier molecular flexibility index (Phi) is 6.47. The Labute approximate surface area is 211 Å². The summed E-state index contributed by atoms with van der Waals surface area (Å²) in [5, 5.41) is 10.4. The second-order valence-electron chi connectivity index (χ2n) is 8.77. The van der Waals surface area contributed by atoms with E-state index in [0.717, 1.165) is 24.8 Å². The Hall–Kier alpha value is -4.47. The van der Waals surface area contributed by atoms with Gasteiger partial charge < -0.3 is 19.9 Å². The minimum atomic E-state index is -0.793. The lowest BCUT2D eigenvalue weighted by Gasteiger charge is -2.35. The van der Waals surface area contributed by atoms with Crippen molar-refractivity contribution in [1.29, 1.82) is 0 Å². The van der Waals surface area contributed by atoms with Gasteiger partial charge in [0.05, 0.1) is 18.2 Å². The molecule has 2 amide bonds. The summed E-state index contributed by atoms with van der Waals surface area (Å²) in [6, 6.07) is 14.4. The van der Waals surface area contributed by atoms with Gasteiger partial charge in [0.25, 0.3) is 5.91 Å². The lowest BCUT2D eigenvalue weighted by molar-refractivity contribution is -0.129. The van der Waals surface area contributed by atoms with E-state index in [2.05, 4.69) is 20.4 Å². The molecular weight excluding hydrogens is 480 g/mol. The number of nitrogens with one attached hydrogen (secondary N) is 2. The number of anilines is 2. The van der Waals surface area contributed by atoms with Crippen LogP contribution in [0.5, 0.6) is 5.75 Å². The number of piperazine rings is 1. The van der Waals surface area contributed by atoms with E-state index in [-0.39, 0.29) is 23.1 Å². The topological polar surface area (TPSA) is 90.6 Å². The zero-order valence-electron chi connectivity index (χ0n) is 20.3. The summed E-state index contributed by atoms with van der Waals surface area (Å²) in [7, 11) is 1.32. The van der Waals surface area contributed by atoms with Gasteiger partial charge in [-0.2, -0.15) is 5.10 Å². The number of rotatable bonds is 5. The average molecular weight is 506 g/mol. The van der Waals surface area contributed by atoms with Crippen molar-refractivity contribution in [2.75, 3.05) is 43.5 Å². The molecule has 190 valence electrons. The molecule has 0 saturated carbocycles. The molecule has 0 bridgehead atoms. The van der Waals surface area contributed by atoms with Crippen LogP contribution in [0.25, 0.3) is 22.0 Å². The molecule has 37 heavy (non-hydrogen) atoms. The van der Waals surface area contributed by atoms with Crippen LogP contribution in [0.4, 0.5) is 20.3 Å². The molecule has 0 atom stereocenters. The van der Waals surface area contributed by atoms with Crippen LogP contribution >= 0.6 is 0 Å². The third-order valence-electron chi connectivity index (χ3n) is 6.58. The number of nitrogens with zero attached hydrogens (tertiary/aromatic N) is 3. The van der Waals surface area contributed by atoms with E-state index in [1.807, 2.05) is 17.0 Å². The number of H-pyrrole nitrogens is 1. The predicted molar refractivity (Wildman–Crippen MR) is 137 cm³/mol. The van der Waals surface area contributed by atoms with Gasteiger partial charge in [-0.15, -0.1) is 0 Å². The molecule has 1 fully saturated rings. The standard InChI is InChI=1S/C27H25F2N5O3/c1-16(35)33-11-13-34(14-12-33)19-6-3-17(4-7-19)27(36)30-26-20-8-5-18(15-22(20)31-32-26)24-21(28)9-10-23(37-2)25(24)29/h3-10,15H,11-14H2,1-2H3,(H2,30,31,32,36). The number of hydrogen-bond donors (Lipinski definition) is 2. The first kappa shape index (κ1) is 24.2. The monoisotopic (exact) mass is 505 g/mol. The van der Waals surface area contributed by atoms with Crippen LogP contribution in [0.2, 0.25) is 0 Å². The van der Waals surface area contributed by atoms with E-state index in [9.17, 15) is 18.4 Å². The van der Waals surface area contributed by atoms with Crippen molar-refractivity contribution in [3.05, 3.63) is 71.8 Å². The number of halogens is 2. The van der Waals surface area contributed by atoms with Crippen molar-refractivity contribution in [1.82, 2.24) is 15.1 Å². The summed E-state index contributed by atoms with van der Waals surface area (Å²) in [4.78, 5) is 28.4. The second-order valence-corrected chi connectivity index (χ2v) is 8.77. The van der Waals surface area contributed by atoms with Gasteiger partial charge >= 0.3 is 0 Å². The summed E-state index contributed by atoms with van der Waals surface area (Å²) in [5.74, 6) is -1.52. The van der Waals surface area contributed by atoms with Crippen molar-refractivity contribution >= 4 is 34.2 Å². The summed E-state index contributed by atoms with van der Waals surface area (Å²) in [6.07, 6.45) is 0. The zero-order chi connectivity index (χ0) is 26.1. The van der Waals surface area contributed by atoms with Gasteiger partial charge in [0, 0.05) is 49.7 Å². The van der Waals surface area contributed by atoms with E-state index in [1.165, 1.54) is 13.2 Å². The zero-order valence-corrected chi connectivity index (χ0v) is 20.3. The van der Waals surface area contributed by atoms with Gasteiger partial charge in [0.1, 0.15) is 5.82 Å². The fraction of sp³-hybridized carbons (Fsp3) is 0.222. The highest BCUT2D eigenvalue weighted by atomic mass is 19.1. The molecule has 0 radical (unpaired) electrons. The smallest absolute Gasteiger partial charge is 0.256 e. The molecule has 8 nitrogen and oxygen atoms in total.